The van der Waals surface area contributed by atoms with Gasteiger partial charge in [-0.1, -0.05) is 17.3 Å². The van der Waals surface area contributed by atoms with Crippen molar-refractivity contribution in [3.63, 3.8) is 0 Å². The van der Waals surface area contributed by atoms with Gasteiger partial charge in [0.25, 0.3) is 5.91 Å². The molecule has 0 bridgehead atoms. The largest absolute Gasteiger partial charge is 0.392 e. The Hall–Kier alpha value is -2.91. The fraction of sp³-hybridized carbons (Fsp3) is 0.520. The standard InChI is InChI=1S/C25H32FN5O3/c1-14(32)24(27)18-7-5-17(6-8-18)23-12-21(31-34-23)20-11-22(30-15(2)29-20)25(33)28-13-16-3-9-19(26)10-4-16/h3-4,9-11,14,17-18,23-24,32H,5-8,12-13,27H2,1-2H3,(H,28,33)/t14-,17?,18?,23?,24?/m0/s1. The van der Waals surface area contributed by atoms with Crippen molar-refractivity contribution in [2.45, 2.75) is 70.7 Å². The normalized spacial score (nSPS) is 24.1. The van der Waals surface area contributed by atoms with Crippen LogP contribution < -0.4 is 11.1 Å². The predicted octanol–water partition coefficient (Wildman–Crippen LogP) is 2.86. The van der Waals surface area contributed by atoms with Crippen molar-refractivity contribution in [2.75, 3.05) is 0 Å². The van der Waals surface area contributed by atoms with Crippen LogP contribution in [0.25, 0.3) is 0 Å². The first-order valence-corrected chi connectivity index (χ1v) is 11.8. The summed E-state index contributed by atoms with van der Waals surface area (Å²) in [5.74, 6) is 0.530. The number of nitrogens with one attached hydrogen (secondary N) is 1. The zero-order valence-electron chi connectivity index (χ0n) is 19.6. The number of hydrogen-bond acceptors (Lipinski definition) is 7. The van der Waals surface area contributed by atoms with Gasteiger partial charge in [-0.3, -0.25) is 4.79 Å². The molecule has 1 aliphatic heterocycles. The summed E-state index contributed by atoms with van der Waals surface area (Å²) in [6.07, 6.45) is 4.02. The number of nitrogens with two attached hydrogens (primary N) is 1. The summed E-state index contributed by atoms with van der Waals surface area (Å²) >= 11 is 0. The molecule has 0 radical (unpaired) electrons. The smallest absolute Gasteiger partial charge is 0.270 e. The molecule has 3 atom stereocenters. The van der Waals surface area contributed by atoms with Crippen LogP contribution in [-0.4, -0.2) is 44.9 Å². The van der Waals surface area contributed by atoms with Crippen molar-refractivity contribution in [2.24, 2.45) is 22.7 Å². The molecular formula is C25H32FN5O3. The Morgan fingerprint density at radius 3 is 2.62 bits per heavy atom. The maximum atomic E-state index is 13.1. The molecule has 2 aromatic rings. The second-order valence-corrected chi connectivity index (χ2v) is 9.37. The third-order valence-electron chi connectivity index (χ3n) is 6.87. The first-order chi connectivity index (χ1) is 16.3. The van der Waals surface area contributed by atoms with E-state index in [4.69, 9.17) is 10.6 Å². The zero-order valence-corrected chi connectivity index (χ0v) is 19.6. The zero-order chi connectivity index (χ0) is 24.2. The highest BCUT2D eigenvalue weighted by Crippen LogP contribution is 2.36. The Morgan fingerprint density at radius 1 is 1.24 bits per heavy atom. The lowest BCUT2D eigenvalue weighted by Crippen LogP contribution is -2.42. The molecule has 0 saturated heterocycles. The van der Waals surface area contributed by atoms with E-state index in [1.54, 1.807) is 32.0 Å². The number of hydrogen-bond donors (Lipinski definition) is 3. The van der Waals surface area contributed by atoms with E-state index in [0.717, 1.165) is 31.2 Å². The first kappa shape index (κ1) is 24.2. The molecule has 1 amide bonds. The number of aliphatic hydroxyl groups is 1. The predicted molar refractivity (Wildman–Crippen MR) is 125 cm³/mol. The van der Waals surface area contributed by atoms with Crippen LogP contribution in [0.5, 0.6) is 0 Å². The molecule has 2 unspecified atom stereocenters. The van der Waals surface area contributed by atoms with Crippen molar-refractivity contribution in [3.8, 4) is 0 Å². The number of aromatic nitrogens is 2. The molecule has 8 nitrogen and oxygen atoms in total. The van der Waals surface area contributed by atoms with Gasteiger partial charge < -0.3 is 21.0 Å². The van der Waals surface area contributed by atoms with Gasteiger partial charge in [0.2, 0.25) is 0 Å². The van der Waals surface area contributed by atoms with Crippen LogP contribution in [0.1, 0.15) is 66.6 Å². The minimum Gasteiger partial charge on any atom is -0.392 e. The molecule has 0 spiro atoms. The average molecular weight is 470 g/mol. The van der Waals surface area contributed by atoms with Gasteiger partial charge in [-0.05, 0) is 75.1 Å². The molecule has 1 fully saturated rings. The van der Waals surface area contributed by atoms with Gasteiger partial charge in [0.1, 0.15) is 29.2 Å². The van der Waals surface area contributed by atoms with Crippen molar-refractivity contribution in [1.29, 1.82) is 0 Å². The number of nitrogens with zero attached hydrogens (tertiary/aromatic N) is 3. The van der Waals surface area contributed by atoms with E-state index >= 15 is 0 Å². The summed E-state index contributed by atoms with van der Waals surface area (Å²) in [5.41, 5.74) is 8.48. The van der Waals surface area contributed by atoms with E-state index in [1.165, 1.54) is 12.1 Å². The molecule has 1 saturated carbocycles. The lowest BCUT2D eigenvalue weighted by atomic mass is 9.75. The molecule has 1 aromatic heterocycles. The van der Waals surface area contributed by atoms with Gasteiger partial charge in [0.15, 0.2) is 0 Å². The monoisotopic (exact) mass is 469 g/mol. The van der Waals surface area contributed by atoms with Crippen LogP contribution in [-0.2, 0) is 11.4 Å². The summed E-state index contributed by atoms with van der Waals surface area (Å²) in [5, 5.41) is 16.9. The Morgan fingerprint density at radius 2 is 1.94 bits per heavy atom. The van der Waals surface area contributed by atoms with Crippen LogP contribution in [0.4, 0.5) is 4.39 Å². The molecule has 182 valence electrons. The van der Waals surface area contributed by atoms with Crippen LogP contribution >= 0.6 is 0 Å². The number of carbonyl (C=O) groups excluding carboxylic acids is 1. The first-order valence-electron chi connectivity index (χ1n) is 11.8. The highest BCUT2D eigenvalue weighted by Gasteiger charge is 2.36. The molecule has 2 aliphatic rings. The average Bonchev–Trinajstić information content (AvgIpc) is 3.33. The summed E-state index contributed by atoms with van der Waals surface area (Å²) in [4.78, 5) is 27.2. The minimum absolute atomic E-state index is 0.0234. The fourth-order valence-corrected chi connectivity index (χ4v) is 4.80. The van der Waals surface area contributed by atoms with Crippen molar-refractivity contribution in [3.05, 3.63) is 58.9 Å². The van der Waals surface area contributed by atoms with E-state index in [-0.39, 0.29) is 36.1 Å². The highest BCUT2D eigenvalue weighted by atomic mass is 19.1. The minimum atomic E-state index is -0.498. The number of amides is 1. The maximum absolute atomic E-state index is 13.1. The second-order valence-electron chi connectivity index (χ2n) is 9.37. The molecule has 2 heterocycles. The topological polar surface area (TPSA) is 123 Å². The van der Waals surface area contributed by atoms with Crippen molar-refractivity contribution >= 4 is 11.6 Å². The second kappa shape index (κ2) is 10.6. The van der Waals surface area contributed by atoms with E-state index < -0.39 is 6.10 Å². The molecule has 9 heteroatoms. The number of rotatable bonds is 7. The third kappa shape index (κ3) is 5.77. The van der Waals surface area contributed by atoms with E-state index in [0.29, 0.717) is 35.5 Å². The number of aryl methyl sites for hydroxylation is 1. The SMILES string of the molecule is Cc1nc(C(=O)NCc2ccc(F)cc2)cc(C2=NOC(C3CCC(C(N)[C@H](C)O)CC3)C2)n1. The number of carbonyl (C=O) groups is 1. The Bertz CT molecular complexity index is 1040. The van der Waals surface area contributed by atoms with Crippen molar-refractivity contribution < 1.29 is 19.1 Å². The Kier molecular flexibility index (Phi) is 7.53. The summed E-state index contributed by atoms with van der Waals surface area (Å²) in [6.45, 7) is 3.75. The number of oxime groups is 1. The van der Waals surface area contributed by atoms with Gasteiger partial charge in [0.05, 0.1) is 11.8 Å². The molecular weight excluding hydrogens is 437 g/mol. The Labute approximate surface area is 198 Å². The van der Waals surface area contributed by atoms with Gasteiger partial charge >= 0.3 is 0 Å². The number of halogens is 1. The quantitative estimate of drug-likeness (QED) is 0.573. The third-order valence-corrected chi connectivity index (χ3v) is 6.87. The maximum Gasteiger partial charge on any atom is 0.270 e. The molecule has 34 heavy (non-hydrogen) atoms. The highest BCUT2D eigenvalue weighted by molar-refractivity contribution is 6.01. The molecule has 1 aliphatic carbocycles. The summed E-state index contributed by atoms with van der Waals surface area (Å²) in [6, 6.07) is 7.42. The molecule has 4 N–H and O–H groups in total. The van der Waals surface area contributed by atoms with Crippen LogP contribution in [0.2, 0.25) is 0 Å². The number of aliphatic hydroxyl groups excluding tert-OH is 1. The molecule has 1 aromatic carbocycles. The van der Waals surface area contributed by atoms with Gasteiger partial charge in [-0.25, -0.2) is 14.4 Å². The van der Waals surface area contributed by atoms with Gasteiger partial charge in [-0.15, -0.1) is 0 Å². The van der Waals surface area contributed by atoms with E-state index in [1.807, 2.05) is 0 Å². The van der Waals surface area contributed by atoms with Gasteiger partial charge in [-0.2, -0.15) is 0 Å². The van der Waals surface area contributed by atoms with Crippen LogP contribution in [0.15, 0.2) is 35.5 Å². The molecule has 4 rings (SSSR count). The fourth-order valence-electron chi connectivity index (χ4n) is 4.80. The van der Waals surface area contributed by atoms with E-state index in [9.17, 15) is 14.3 Å². The Balaban J connectivity index is 1.35. The summed E-state index contributed by atoms with van der Waals surface area (Å²) < 4.78 is 13.1. The summed E-state index contributed by atoms with van der Waals surface area (Å²) in [7, 11) is 0. The lowest BCUT2D eigenvalue weighted by Gasteiger charge is -2.34. The van der Waals surface area contributed by atoms with E-state index in [2.05, 4.69) is 20.4 Å². The van der Waals surface area contributed by atoms with Crippen LogP contribution in [0, 0.1) is 24.6 Å². The van der Waals surface area contributed by atoms with Crippen molar-refractivity contribution in [1.82, 2.24) is 15.3 Å². The van der Waals surface area contributed by atoms with Crippen LogP contribution in [0.3, 0.4) is 0 Å². The lowest BCUT2D eigenvalue weighted by molar-refractivity contribution is 0.0141. The van der Waals surface area contributed by atoms with Gasteiger partial charge in [0, 0.05) is 19.0 Å². The number of benzene rings is 1.